The first kappa shape index (κ1) is 21.8. The van der Waals surface area contributed by atoms with E-state index < -0.39 is 22.7 Å². The number of nitrogens with zero attached hydrogens (tertiary/aromatic N) is 3. The van der Waals surface area contributed by atoms with E-state index in [0.717, 1.165) is 46.2 Å². The van der Waals surface area contributed by atoms with Crippen LogP contribution in [0.15, 0.2) is 47.8 Å². The third kappa shape index (κ3) is 4.42. The number of aryl methyl sites for hydroxylation is 2. The lowest BCUT2D eigenvalue weighted by Crippen LogP contribution is -2.35. The van der Waals surface area contributed by atoms with Crippen molar-refractivity contribution in [1.82, 2.24) is 19.5 Å². The van der Waals surface area contributed by atoms with Crippen molar-refractivity contribution in [2.24, 2.45) is 0 Å². The highest BCUT2D eigenvalue weighted by Gasteiger charge is 2.24. The van der Waals surface area contributed by atoms with Crippen LogP contribution in [-0.4, -0.2) is 43.0 Å². The van der Waals surface area contributed by atoms with Crippen molar-refractivity contribution in [3.8, 4) is 17.0 Å². The molecule has 11 heteroatoms. The summed E-state index contributed by atoms with van der Waals surface area (Å²) in [7, 11) is -2.71. The van der Waals surface area contributed by atoms with Crippen LogP contribution < -0.4 is 14.8 Å². The lowest BCUT2D eigenvalue weighted by atomic mass is 9.98. The number of methoxy groups -OCH3 is 1. The van der Waals surface area contributed by atoms with Gasteiger partial charge in [-0.25, -0.2) is 18.9 Å². The second kappa shape index (κ2) is 8.95. The van der Waals surface area contributed by atoms with Crippen LogP contribution in [0.1, 0.15) is 17.5 Å². The van der Waals surface area contributed by atoms with Gasteiger partial charge in [0.2, 0.25) is 5.88 Å². The molecule has 0 saturated carbocycles. The Bertz CT molecular complexity index is 1260. The minimum Gasteiger partial charge on any atom is -0.481 e. The first-order chi connectivity index (χ1) is 15.4. The zero-order valence-electron chi connectivity index (χ0n) is 17.3. The zero-order chi connectivity index (χ0) is 22.7. The van der Waals surface area contributed by atoms with Gasteiger partial charge in [-0.3, -0.25) is 4.68 Å². The maximum Gasteiger partial charge on any atom is 0.333 e. The Morgan fingerprint density at radius 1 is 1.25 bits per heavy atom. The molecule has 32 heavy (non-hydrogen) atoms. The Hall–Kier alpha value is -3.47. The number of halogens is 1. The van der Waals surface area contributed by atoms with Crippen LogP contribution in [0.4, 0.5) is 14.9 Å². The number of ether oxygens (including phenoxy) is 1. The number of hydrogen-bond donors (Lipinski definition) is 2. The third-order valence-corrected chi connectivity index (χ3v) is 6.43. The second-order valence-corrected chi connectivity index (χ2v) is 8.86. The summed E-state index contributed by atoms with van der Waals surface area (Å²) in [6, 6.07) is 7.74. The number of alkyl halides is 1. The van der Waals surface area contributed by atoms with Gasteiger partial charge in [0.1, 0.15) is 6.67 Å². The number of hydrogen-bond acceptors (Lipinski definition) is 6. The van der Waals surface area contributed by atoms with Crippen LogP contribution in [0.25, 0.3) is 11.1 Å². The summed E-state index contributed by atoms with van der Waals surface area (Å²) >= 11 is 0. The molecule has 9 nitrogen and oxygen atoms in total. The number of sulfonamides is 1. The predicted molar refractivity (Wildman–Crippen MR) is 116 cm³/mol. The van der Waals surface area contributed by atoms with Gasteiger partial charge in [-0.2, -0.15) is 13.5 Å². The number of urea groups is 1. The number of fused-ring (bicyclic) bond motifs is 1. The summed E-state index contributed by atoms with van der Waals surface area (Å²) in [6.45, 7) is -0.757. The van der Waals surface area contributed by atoms with Crippen LogP contribution in [0, 0.1) is 0 Å². The Morgan fingerprint density at radius 3 is 2.88 bits per heavy atom. The van der Waals surface area contributed by atoms with E-state index in [1.54, 1.807) is 18.3 Å². The zero-order valence-corrected chi connectivity index (χ0v) is 18.2. The molecule has 2 heterocycles. The van der Waals surface area contributed by atoms with Crippen molar-refractivity contribution in [3.63, 3.8) is 0 Å². The van der Waals surface area contributed by atoms with Crippen molar-refractivity contribution < 1.29 is 22.3 Å². The standard InChI is InChI=1S/C21H22FN5O4S/c1-31-18-13-15(7-10-23-18)17-6-5-14-3-2-4-16(14)20(17)24-21(28)26-32(29,30)19-8-11-27(25-19)12-9-22/h5-8,10-11,13H,2-4,9,12H2,1H3,(H2,24,26,28). The summed E-state index contributed by atoms with van der Waals surface area (Å²) in [5, 5.41) is 6.16. The SMILES string of the molecule is COc1cc(-c2ccc3c(c2NC(=O)NS(=O)(=O)c2ccn(CCF)n2)CCC3)ccn1. The summed E-state index contributed by atoms with van der Waals surface area (Å²) in [5.41, 5.74) is 4.13. The van der Waals surface area contributed by atoms with Crippen molar-refractivity contribution in [2.75, 3.05) is 19.1 Å². The van der Waals surface area contributed by atoms with Gasteiger partial charge in [0, 0.05) is 24.0 Å². The number of carbonyl (C=O) groups excluding carboxylic acids is 1. The number of nitrogens with one attached hydrogen (secondary N) is 2. The van der Waals surface area contributed by atoms with E-state index in [2.05, 4.69) is 15.4 Å². The predicted octanol–water partition coefficient (Wildman–Crippen LogP) is 2.92. The molecule has 0 saturated heterocycles. The number of carbonyl (C=O) groups is 1. The Morgan fingerprint density at radius 2 is 2.09 bits per heavy atom. The quantitative estimate of drug-likeness (QED) is 0.561. The molecule has 0 spiro atoms. The molecular formula is C21H22FN5O4S. The van der Waals surface area contributed by atoms with Crippen molar-refractivity contribution >= 4 is 21.7 Å². The fourth-order valence-corrected chi connectivity index (χ4v) is 4.60. The van der Waals surface area contributed by atoms with Gasteiger partial charge >= 0.3 is 6.03 Å². The van der Waals surface area contributed by atoms with E-state index in [0.29, 0.717) is 11.6 Å². The van der Waals surface area contributed by atoms with E-state index >= 15 is 0 Å². The van der Waals surface area contributed by atoms with Crippen LogP contribution in [0.3, 0.4) is 0 Å². The highest BCUT2D eigenvalue weighted by Crippen LogP contribution is 2.38. The monoisotopic (exact) mass is 459 g/mol. The van der Waals surface area contributed by atoms with Gasteiger partial charge in [0.25, 0.3) is 10.0 Å². The number of rotatable bonds is 7. The van der Waals surface area contributed by atoms with Gasteiger partial charge in [-0.05, 0) is 48.1 Å². The molecule has 2 aromatic heterocycles. The van der Waals surface area contributed by atoms with Gasteiger partial charge in [0.15, 0.2) is 5.03 Å². The summed E-state index contributed by atoms with van der Waals surface area (Å²) in [6.07, 6.45) is 5.53. The minimum atomic E-state index is -4.23. The first-order valence-corrected chi connectivity index (χ1v) is 11.5. The summed E-state index contributed by atoms with van der Waals surface area (Å²) < 4.78 is 45.9. The molecule has 1 aliphatic rings. The Balaban J connectivity index is 1.63. The molecule has 1 aliphatic carbocycles. The minimum absolute atomic E-state index is 0.0728. The molecule has 0 aliphatic heterocycles. The lowest BCUT2D eigenvalue weighted by molar-refractivity contribution is 0.256. The maximum absolute atomic E-state index is 12.7. The van der Waals surface area contributed by atoms with Gasteiger partial charge in [-0.1, -0.05) is 12.1 Å². The first-order valence-electron chi connectivity index (χ1n) is 9.99. The van der Waals surface area contributed by atoms with Gasteiger partial charge in [-0.15, -0.1) is 0 Å². The second-order valence-electron chi connectivity index (χ2n) is 7.23. The molecular weight excluding hydrogens is 437 g/mol. The van der Waals surface area contributed by atoms with Crippen molar-refractivity contribution in [1.29, 1.82) is 0 Å². The number of amides is 2. The molecule has 0 unspecified atom stereocenters. The highest BCUT2D eigenvalue weighted by atomic mass is 32.2. The average Bonchev–Trinajstić information content (AvgIpc) is 3.44. The molecule has 2 N–H and O–H groups in total. The fourth-order valence-electron chi connectivity index (χ4n) is 3.75. The van der Waals surface area contributed by atoms with E-state index in [1.807, 2.05) is 16.9 Å². The lowest BCUT2D eigenvalue weighted by Gasteiger charge is -2.17. The fraction of sp³-hybridized carbons (Fsp3) is 0.286. The van der Waals surface area contributed by atoms with E-state index in [1.165, 1.54) is 19.4 Å². The third-order valence-electron chi connectivity index (χ3n) is 5.21. The summed E-state index contributed by atoms with van der Waals surface area (Å²) in [5.74, 6) is 0.421. The summed E-state index contributed by atoms with van der Waals surface area (Å²) in [4.78, 5) is 16.8. The van der Waals surface area contributed by atoms with Gasteiger partial charge < -0.3 is 10.1 Å². The van der Waals surface area contributed by atoms with Crippen molar-refractivity contribution in [2.45, 2.75) is 30.8 Å². The molecule has 4 rings (SSSR count). The Labute approximate surface area is 184 Å². The number of anilines is 1. The molecule has 0 bridgehead atoms. The normalized spacial score (nSPS) is 12.9. The van der Waals surface area contributed by atoms with E-state index in [4.69, 9.17) is 4.74 Å². The number of aromatic nitrogens is 3. The molecule has 1 aromatic carbocycles. The number of pyridine rings is 1. The Kier molecular flexibility index (Phi) is 6.08. The van der Waals surface area contributed by atoms with Crippen LogP contribution >= 0.6 is 0 Å². The highest BCUT2D eigenvalue weighted by molar-refractivity contribution is 7.90. The molecule has 3 aromatic rings. The van der Waals surface area contributed by atoms with Crippen LogP contribution in [-0.2, 0) is 29.4 Å². The van der Waals surface area contributed by atoms with Crippen LogP contribution in [0.2, 0.25) is 0 Å². The average molecular weight is 460 g/mol. The van der Waals surface area contributed by atoms with E-state index in [-0.39, 0.29) is 11.6 Å². The van der Waals surface area contributed by atoms with Crippen molar-refractivity contribution in [3.05, 3.63) is 53.9 Å². The van der Waals surface area contributed by atoms with E-state index in [9.17, 15) is 17.6 Å². The smallest absolute Gasteiger partial charge is 0.333 e. The molecule has 2 amide bonds. The molecule has 168 valence electrons. The van der Waals surface area contributed by atoms with Gasteiger partial charge in [0.05, 0.1) is 19.3 Å². The van der Waals surface area contributed by atoms with Crippen LogP contribution in [0.5, 0.6) is 5.88 Å². The molecule has 0 radical (unpaired) electrons. The topological polar surface area (TPSA) is 115 Å². The number of benzene rings is 1. The molecule has 0 atom stereocenters. The molecule has 0 fully saturated rings. The maximum atomic E-state index is 12.7. The largest absolute Gasteiger partial charge is 0.481 e.